The SMILES string of the molecule is N[C@@H](CC(=O)O)c1cccc(C2CC2)c1. The molecular formula is C12H15NO2. The minimum Gasteiger partial charge on any atom is -0.481 e. The minimum absolute atomic E-state index is 0.00583. The lowest BCUT2D eigenvalue weighted by molar-refractivity contribution is -0.137. The summed E-state index contributed by atoms with van der Waals surface area (Å²) in [7, 11) is 0. The molecule has 1 aliphatic rings. The highest BCUT2D eigenvalue weighted by Gasteiger charge is 2.24. The van der Waals surface area contributed by atoms with Crippen LogP contribution in [0.25, 0.3) is 0 Å². The van der Waals surface area contributed by atoms with Gasteiger partial charge in [-0.3, -0.25) is 4.79 Å². The summed E-state index contributed by atoms with van der Waals surface area (Å²) in [5, 5.41) is 8.66. The molecule has 15 heavy (non-hydrogen) atoms. The molecule has 1 fully saturated rings. The molecule has 0 unspecified atom stereocenters. The van der Waals surface area contributed by atoms with Crippen LogP contribution in [0.1, 0.15) is 42.3 Å². The first kappa shape index (κ1) is 10.2. The molecule has 3 N–H and O–H groups in total. The molecule has 3 nitrogen and oxygen atoms in total. The van der Waals surface area contributed by atoms with E-state index in [1.165, 1.54) is 18.4 Å². The zero-order chi connectivity index (χ0) is 10.8. The fourth-order valence-electron chi connectivity index (χ4n) is 1.77. The lowest BCUT2D eigenvalue weighted by Gasteiger charge is -2.10. The second-order valence-electron chi connectivity index (χ2n) is 4.15. The van der Waals surface area contributed by atoms with Gasteiger partial charge in [-0.25, -0.2) is 0 Å². The Balaban J connectivity index is 2.12. The lowest BCUT2D eigenvalue weighted by Crippen LogP contribution is -2.15. The molecule has 0 spiro atoms. The molecule has 80 valence electrons. The maximum Gasteiger partial charge on any atom is 0.305 e. The normalized spacial score (nSPS) is 17.4. The third kappa shape index (κ3) is 2.57. The van der Waals surface area contributed by atoms with Crippen molar-refractivity contribution in [3.05, 3.63) is 35.4 Å². The summed E-state index contributed by atoms with van der Waals surface area (Å²) in [5.41, 5.74) is 8.04. The average molecular weight is 205 g/mol. The molecule has 0 aromatic heterocycles. The highest BCUT2D eigenvalue weighted by atomic mass is 16.4. The Morgan fingerprint density at radius 1 is 1.53 bits per heavy atom. The van der Waals surface area contributed by atoms with E-state index >= 15 is 0 Å². The van der Waals surface area contributed by atoms with Crippen LogP contribution in [0.2, 0.25) is 0 Å². The number of aliphatic carboxylic acids is 1. The smallest absolute Gasteiger partial charge is 0.305 e. The maximum atomic E-state index is 10.5. The Bertz CT molecular complexity index is 372. The molecule has 2 rings (SSSR count). The van der Waals surface area contributed by atoms with Crippen molar-refractivity contribution in [3.63, 3.8) is 0 Å². The van der Waals surface area contributed by atoms with Crippen molar-refractivity contribution in [2.45, 2.75) is 31.2 Å². The highest BCUT2D eigenvalue weighted by Crippen LogP contribution is 2.40. The second kappa shape index (κ2) is 4.03. The standard InChI is InChI=1S/C12H15NO2/c13-11(7-12(14)15)10-3-1-2-9(6-10)8-4-5-8/h1-3,6,8,11H,4-5,7,13H2,(H,14,15)/t11-/m0/s1. The molecule has 0 amide bonds. The Morgan fingerprint density at radius 2 is 2.27 bits per heavy atom. The van der Waals surface area contributed by atoms with E-state index in [9.17, 15) is 4.79 Å². The van der Waals surface area contributed by atoms with Gasteiger partial charge in [0.05, 0.1) is 6.42 Å². The van der Waals surface area contributed by atoms with Crippen LogP contribution in [0.5, 0.6) is 0 Å². The highest BCUT2D eigenvalue weighted by molar-refractivity contribution is 5.67. The van der Waals surface area contributed by atoms with Crippen molar-refractivity contribution in [2.24, 2.45) is 5.73 Å². The van der Waals surface area contributed by atoms with Crippen LogP contribution in [-0.4, -0.2) is 11.1 Å². The van der Waals surface area contributed by atoms with Crippen LogP contribution < -0.4 is 5.73 Å². The second-order valence-corrected chi connectivity index (χ2v) is 4.15. The summed E-state index contributed by atoms with van der Waals surface area (Å²) in [6, 6.07) is 7.62. The zero-order valence-electron chi connectivity index (χ0n) is 8.52. The van der Waals surface area contributed by atoms with Crippen molar-refractivity contribution in [1.82, 2.24) is 0 Å². The van der Waals surface area contributed by atoms with Gasteiger partial charge in [0.1, 0.15) is 0 Å². The van der Waals surface area contributed by atoms with E-state index in [4.69, 9.17) is 10.8 Å². The summed E-state index contributed by atoms with van der Waals surface area (Å²) in [6.07, 6.45) is 2.49. The zero-order valence-corrected chi connectivity index (χ0v) is 8.52. The summed E-state index contributed by atoms with van der Waals surface area (Å²) >= 11 is 0. The van der Waals surface area contributed by atoms with Crippen molar-refractivity contribution >= 4 is 5.97 Å². The van der Waals surface area contributed by atoms with Crippen LogP contribution in [-0.2, 0) is 4.79 Å². The average Bonchev–Trinajstić information content (AvgIpc) is 3.00. The first-order valence-electron chi connectivity index (χ1n) is 5.24. The molecular weight excluding hydrogens is 190 g/mol. The van der Waals surface area contributed by atoms with E-state index in [-0.39, 0.29) is 12.5 Å². The minimum atomic E-state index is -0.848. The van der Waals surface area contributed by atoms with Gasteiger partial charge in [-0.2, -0.15) is 0 Å². The van der Waals surface area contributed by atoms with Crippen LogP contribution in [0.4, 0.5) is 0 Å². The van der Waals surface area contributed by atoms with Gasteiger partial charge in [-0.15, -0.1) is 0 Å². The Hall–Kier alpha value is -1.35. The fourth-order valence-corrected chi connectivity index (χ4v) is 1.77. The number of carbonyl (C=O) groups is 1. The molecule has 1 saturated carbocycles. The molecule has 3 heteroatoms. The number of carboxylic acid groups (broad SMARTS) is 1. The van der Waals surface area contributed by atoms with Crippen LogP contribution in [0.15, 0.2) is 24.3 Å². The molecule has 1 aliphatic carbocycles. The number of rotatable bonds is 4. The summed E-state index contributed by atoms with van der Waals surface area (Å²) < 4.78 is 0. The van der Waals surface area contributed by atoms with Gasteiger partial charge < -0.3 is 10.8 Å². The van der Waals surface area contributed by atoms with E-state index in [1.807, 2.05) is 18.2 Å². The number of benzene rings is 1. The van der Waals surface area contributed by atoms with E-state index in [0.29, 0.717) is 5.92 Å². The van der Waals surface area contributed by atoms with E-state index in [2.05, 4.69) is 6.07 Å². The molecule has 0 saturated heterocycles. The first-order valence-corrected chi connectivity index (χ1v) is 5.24. The summed E-state index contributed by atoms with van der Waals surface area (Å²) in [4.78, 5) is 10.5. The largest absolute Gasteiger partial charge is 0.481 e. The van der Waals surface area contributed by atoms with Gasteiger partial charge in [0.25, 0.3) is 0 Å². The predicted molar refractivity (Wildman–Crippen MR) is 57.6 cm³/mol. The Kier molecular flexibility index (Phi) is 2.73. The topological polar surface area (TPSA) is 63.3 Å². The molecule has 0 aliphatic heterocycles. The summed E-state index contributed by atoms with van der Waals surface area (Å²) in [6.45, 7) is 0. The molecule has 1 atom stereocenters. The molecule has 0 heterocycles. The van der Waals surface area contributed by atoms with Gasteiger partial charge >= 0.3 is 5.97 Å². The Labute approximate surface area is 88.9 Å². The van der Waals surface area contributed by atoms with Gasteiger partial charge in [-0.05, 0) is 29.9 Å². The molecule has 0 radical (unpaired) electrons. The third-order valence-corrected chi connectivity index (χ3v) is 2.78. The van der Waals surface area contributed by atoms with Crippen molar-refractivity contribution < 1.29 is 9.90 Å². The number of nitrogens with two attached hydrogens (primary N) is 1. The van der Waals surface area contributed by atoms with E-state index in [1.54, 1.807) is 0 Å². The van der Waals surface area contributed by atoms with Gasteiger partial charge in [0.15, 0.2) is 0 Å². The van der Waals surface area contributed by atoms with E-state index < -0.39 is 5.97 Å². The fraction of sp³-hybridized carbons (Fsp3) is 0.417. The lowest BCUT2D eigenvalue weighted by atomic mass is 10.0. The van der Waals surface area contributed by atoms with Crippen LogP contribution >= 0.6 is 0 Å². The van der Waals surface area contributed by atoms with Gasteiger partial charge in [-0.1, -0.05) is 24.3 Å². The number of carboxylic acids is 1. The van der Waals surface area contributed by atoms with Crippen molar-refractivity contribution in [1.29, 1.82) is 0 Å². The Morgan fingerprint density at radius 3 is 2.87 bits per heavy atom. The van der Waals surface area contributed by atoms with Crippen molar-refractivity contribution in [3.8, 4) is 0 Å². The monoisotopic (exact) mass is 205 g/mol. The molecule has 1 aromatic carbocycles. The van der Waals surface area contributed by atoms with Crippen molar-refractivity contribution in [2.75, 3.05) is 0 Å². The van der Waals surface area contributed by atoms with Gasteiger partial charge in [0, 0.05) is 6.04 Å². The third-order valence-electron chi connectivity index (χ3n) is 2.78. The summed E-state index contributed by atoms with van der Waals surface area (Å²) in [5.74, 6) is -0.165. The van der Waals surface area contributed by atoms with Gasteiger partial charge in [0.2, 0.25) is 0 Å². The molecule has 1 aromatic rings. The van der Waals surface area contributed by atoms with E-state index in [0.717, 1.165) is 5.56 Å². The number of hydrogen-bond acceptors (Lipinski definition) is 2. The molecule has 0 bridgehead atoms. The quantitative estimate of drug-likeness (QED) is 0.790. The first-order chi connectivity index (χ1) is 7.16. The predicted octanol–water partition coefficient (Wildman–Crippen LogP) is 2.04. The maximum absolute atomic E-state index is 10.5. The van der Waals surface area contributed by atoms with Crippen LogP contribution in [0, 0.1) is 0 Å². The number of hydrogen-bond donors (Lipinski definition) is 2. The van der Waals surface area contributed by atoms with Crippen LogP contribution in [0.3, 0.4) is 0 Å².